The summed E-state index contributed by atoms with van der Waals surface area (Å²) in [5, 5.41) is 17.0. The number of nitrogens with zero attached hydrogens (tertiary/aromatic N) is 2. The van der Waals surface area contributed by atoms with Crippen LogP contribution in [0.15, 0.2) is 30.6 Å². The van der Waals surface area contributed by atoms with E-state index in [1.807, 2.05) is 6.20 Å². The van der Waals surface area contributed by atoms with Gasteiger partial charge in [-0.15, -0.1) is 0 Å². The zero-order valence-corrected chi connectivity index (χ0v) is 15.2. The van der Waals surface area contributed by atoms with E-state index < -0.39 is 18.0 Å². The number of hydrogen-bond donors (Lipinski definition) is 2. The van der Waals surface area contributed by atoms with Crippen molar-refractivity contribution in [1.29, 1.82) is 0 Å². The molecule has 1 aromatic heterocycles. The summed E-state index contributed by atoms with van der Waals surface area (Å²) in [5.74, 6) is 0.258. The molecule has 1 saturated heterocycles. The van der Waals surface area contributed by atoms with Gasteiger partial charge in [-0.2, -0.15) is 5.10 Å². The first-order valence-electron chi connectivity index (χ1n) is 9.00. The Morgan fingerprint density at radius 1 is 1.44 bits per heavy atom. The number of halogens is 1. The minimum Gasteiger partial charge on any atom is -0.493 e. The molecule has 1 aliphatic heterocycles. The molecule has 3 rings (SSSR count). The maximum absolute atomic E-state index is 13.3. The number of ether oxygens (including phenoxy) is 2. The number of aromatic amines is 1. The van der Waals surface area contributed by atoms with E-state index in [2.05, 4.69) is 10.2 Å². The Balaban J connectivity index is 1.49. The molecule has 1 aromatic carbocycles. The maximum Gasteiger partial charge on any atom is 0.222 e. The van der Waals surface area contributed by atoms with Gasteiger partial charge in [-0.3, -0.25) is 9.89 Å². The first-order valence-corrected chi connectivity index (χ1v) is 9.00. The largest absolute Gasteiger partial charge is 0.493 e. The molecule has 0 radical (unpaired) electrons. The number of carbonyl (C=O) groups excluding carboxylic acids is 1. The number of hydrogen-bond acceptors (Lipinski definition) is 5. The fourth-order valence-electron chi connectivity index (χ4n) is 3.19. The number of rotatable bonds is 7. The Kier molecular flexibility index (Phi) is 6.28. The van der Waals surface area contributed by atoms with Crippen molar-refractivity contribution in [2.24, 2.45) is 0 Å². The highest BCUT2D eigenvalue weighted by atomic mass is 19.1. The van der Waals surface area contributed by atoms with Gasteiger partial charge in [0.25, 0.3) is 0 Å². The normalized spacial score (nSPS) is 19.7. The van der Waals surface area contributed by atoms with Gasteiger partial charge in [0.05, 0.1) is 19.9 Å². The van der Waals surface area contributed by atoms with Crippen LogP contribution in [0, 0.1) is 5.82 Å². The summed E-state index contributed by atoms with van der Waals surface area (Å²) < 4.78 is 24.2. The molecule has 8 heteroatoms. The van der Waals surface area contributed by atoms with Gasteiger partial charge in [-0.05, 0) is 30.5 Å². The van der Waals surface area contributed by atoms with Gasteiger partial charge in [0.15, 0.2) is 11.5 Å². The quantitative estimate of drug-likeness (QED) is 0.770. The van der Waals surface area contributed by atoms with Crippen LogP contribution in [0.3, 0.4) is 0 Å². The molecule has 0 bridgehead atoms. The first kappa shape index (κ1) is 19.2. The zero-order chi connectivity index (χ0) is 19.2. The van der Waals surface area contributed by atoms with Crippen LogP contribution < -0.4 is 9.47 Å². The molecular weight excluding hydrogens is 353 g/mol. The molecule has 0 aliphatic carbocycles. The SMILES string of the molecule is COc1cc(F)ccc1O[C@@H]1CCN(C(=O)CCCc2cn[nH]c2)C[C@H]1O. The molecule has 27 heavy (non-hydrogen) atoms. The topological polar surface area (TPSA) is 87.7 Å². The number of aryl methyl sites for hydroxylation is 1. The van der Waals surface area contributed by atoms with E-state index in [0.717, 1.165) is 18.4 Å². The second-order valence-electron chi connectivity index (χ2n) is 6.61. The lowest BCUT2D eigenvalue weighted by Gasteiger charge is -2.36. The third kappa shape index (κ3) is 4.97. The van der Waals surface area contributed by atoms with Crippen molar-refractivity contribution in [1.82, 2.24) is 15.1 Å². The lowest BCUT2D eigenvalue weighted by Crippen LogP contribution is -2.51. The van der Waals surface area contributed by atoms with Crippen molar-refractivity contribution in [3.63, 3.8) is 0 Å². The number of carbonyl (C=O) groups is 1. The highest BCUT2D eigenvalue weighted by Gasteiger charge is 2.32. The van der Waals surface area contributed by atoms with Gasteiger partial charge in [-0.1, -0.05) is 0 Å². The summed E-state index contributed by atoms with van der Waals surface area (Å²) in [6, 6.07) is 4.00. The number of piperidine rings is 1. The Bertz CT molecular complexity index is 753. The van der Waals surface area contributed by atoms with Gasteiger partial charge in [0.1, 0.15) is 18.0 Å². The molecule has 1 amide bonds. The molecule has 1 fully saturated rings. The number of aromatic nitrogens is 2. The number of benzene rings is 1. The number of likely N-dealkylation sites (tertiary alicyclic amines) is 1. The number of nitrogens with one attached hydrogen (secondary N) is 1. The third-order valence-corrected chi connectivity index (χ3v) is 4.69. The fourth-order valence-corrected chi connectivity index (χ4v) is 3.19. The van der Waals surface area contributed by atoms with E-state index in [0.29, 0.717) is 25.1 Å². The van der Waals surface area contributed by atoms with E-state index in [9.17, 15) is 14.3 Å². The second-order valence-corrected chi connectivity index (χ2v) is 6.61. The van der Waals surface area contributed by atoms with Crippen molar-refractivity contribution < 1.29 is 23.8 Å². The molecule has 2 N–H and O–H groups in total. The van der Waals surface area contributed by atoms with Crippen molar-refractivity contribution in [3.8, 4) is 11.5 Å². The lowest BCUT2D eigenvalue weighted by atomic mass is 10.0. The summed E-state index contributed by atoms with van der Waals surface area (Å²) in [7, 11) is 1.43. The minimum atomic E-state index is -0.814. The highest BCUT2D eigenvalue weighted by Crippen LogP contribution is 2.30. The van der Waals surface area contributed by atoms with Crippen LogP contribution in [-0.4, -0.2) is 58.5 Å². The number of amides is 1. The molecule has 2 atom stereocenters. The van der Waals surface area contributed by atoms with Crippen molar-refractivity contribution >= 4 is 5.91 Å². The number of methoxy groups -OCH3 is 1. The summed E-state index contributed by atoms with van der Waals surface area (Å²) in [6.07, 6.45) is 4.73. The Morgan fingerprint density at radius 3 is 3.00 bits per heavy atom. The molecule has 0 saturated carbocycles. The fraction of sp³-hybridized carbons (Fsp3) is 0.474. The molecule has 2 aromatic rings. The van der Waals surface area contributed by atoms with E-state index in [1.54, 1.807) is 11.1 Å². The second kappa shape index (κ2) is 8.85. The predicted octanol–water partition coefficient (Wildman–Crippen LogP) is 1.92. The summed E-state index contributed by atoms with van der Waals surface area (Å²) in [4.78, 5) is 14.0. The number of β-amino-alcohol motifs (C(OH)–C–C–N with tert-alkyl or cyclic N) is 1. The van der Waals surface area contributed by atoms with Gasteiger partial charge in [0, 0.05) is 31.6 Å². The number of aliphatic hydroxyl groups is 1. The van der Waals surface area contributed by atoms with Crippen LogP contribution >= 0.6 is 0 Å². The van der Waals surface area contributed by atoms with Crippen LogP contribution in [0.5, 0.6) is 11.5 Å². The smallest absolute Gasteiger partial charge is 0.222 e. The van der Waals surface area contributed by atoms with Crippen molar-refractivity contribution in [2.75, 3.05) is 20.2 Å². The Hall–Kier alpha value is -2.61. The zero-order valence-electron chi connectivity index (χ0n) is 15.2. The van der Waals surface area contributed by atoms with Crippen LogP contribution in [0.4, 0.5) is 4.39 Å². The Morgan fingerprint density at radius 2 is 2.30 bits per heavy atom. The minimum absolute atomic E-state index is 0.0235. The molecule has 0 spiro atoms. The van der Waals surface area contributed by atoms with Crippen LogP contribution in [0.2, 0.25) is 0 Å². The molecular formula is C19H24FN3O4. The molecule has 2 heterocycles. The van der Waals surface area contributed by atoms with Gasteiger partial charge in [-0.25, -0.2) is 4.39 Å². The van der Waals surface area contributed by atoms with Crippen LogP contribution in [0.1, 0.15) is 24.8 Å². The van der Waals surface area contributed by atoms with Crippen LogP contribution in [0.25, 0.3) is 0 Å². The molecule has 7 nitrogen and oxygen atoms in total. The standard InChI is InChI=1S/C19H24FN3O4/c1-26-18-9-14(20)5-6-17(18)27-16-7-8-23(12-15(16)24)19(25)4-2-3-13-10-21-22-11-13/h5-6,9-11,15-16,24H,2-4,7-8,12H2,1H3,(H,21,22)/t15-,16-/m1/s1. The van der Waals surface area contributed by atoms with E-state index >= 15 is 0 Å². The van der Waals surface area contributed by atoms with Gasteiger partial charge in [0.2, 0.25) is 5.91 Å². The number of aliphatic hydroxyl groups excluding tert-OH is 1. The summed E-state index contributed by atoms with van der Waals surface area (Å²) >= 11 is 0. The lowest BCUT2D eigenvalue weighted by molar-refractivity contribution is -0.137. The van der Waals surface area contributed by atoms with Gasteiger partial charge >= 0.3 is 0 Å². The average molecular weight is 377 g/mol. The van der Waals surface area contributed by atoms with Crippen molar-refractivity contribution in [2.45, 2.75) is 37.9 Å². The summed E-state index contributed by atoms with van der Waals surface area (Å²) in [6.45, 7) is 0.731. The van der Waals surface area contributed by atoms with E-state index in [-0.39, 0.29) is 18.2 Å². The first-order chi connectivity index (χ1) is 13.1. The van der Waals surface area contributed by atoms with Crippen molar-refractivity contribution in [3.05, 3.63) is 42.0 Å². The van der Waals surface area contributed by atoms with Gasteiger partial charge < -0.3 is 19.5 Å². The molecule has 1 aliphatic rings. The van der Waals surface area contributed by atoms with E-state index in [1.165, 1.54) is 25.3 Å². The van der Waals surface area contributed by atoms with E-state index in [4.69, 9.17) is 9.47 Å². The van der Waals surface area contributed by atoms with Crippen LogP contribution in [-0.2, 0) is 11.2 Å². The molecule has 146 valence electrons. The molecule has 0 unspecified atom stereocenters. The third-order valence-electron chi connectivity index (χ3n) is 4.69. The predicted molar refractivity (Wildman–Crippen MR) is 96.1 cm³/mol. The monoisotopic (exact) mass is 377 g/mol. The average Bonchev–Trinajstić information content (AvgIpc) is 3.18. The highest BCUT2D eigenvalue weighted by molar-refractivity contribution is 5.76. The summed E-state index contributed by atoms with van der Waals surface area (Å²) in [5.41, 5.74) is 1.07. The Labute approximate surface area is 157 Å². The maximum atomic E-state index is 13.3. The number of H-pyrrole nitrogens is 1.